The number of nitrogens with zero attached hydrogens (tertiary/aromatic N) is 1. The van der Waals surface area contributed by atoms with Gasteiger partial charge in [0.1, 0.15) is 5.82 Å². The van der Waals surface area contributed by atoms with Gasteiger partial charge in [0, 0.05) is 17.8 Å². The molecule has 3 N–H and O–H groups in total. The topological polar surface area (TPSA) is 74.2 Å². The van der Waals surface area contributed by atoms with E-state index in [2.05, 4.69) is 15.6 Å². The molecule has 1 saturated heterocycles. The average Bonchev–Trinajstić information content (AvgIpc) is 3.07. The number of rotatable bonds is 6. The van der Waals surface area contributed by atoms with Crippen molar-refractivity contribution in [3.63, 3.8) is 0 Å². The van der Waals surface area contributed by atoms with Gasteiger partial charge in [-0.25, -0.2) is 9.78 Å². The van der Waals surface area contributed by atoms with Crippen LogP contribution in [-0.2, 0) is 11.2 Å². The third-order valence-corrected chi connectivity index (χ3v) is 4.63. The van der Waals surface area contributed by atoms with E-state index in [0.29, 0.717) is 16.4 Å². The minimum absolute atomic E-state index is 0.176. The molecule has 26 heavy (non-hydrogen) atoms. The van der Waals surface area contributed by atoms with Gasteiger partial charge < -0.3 is 15.7 Å². The van der Waals surface area contributed by atoms with Crippen molar-refractivity contribution in [1.82, 2.24) is 10.3 Å². The first kappa shape index (κ1) is 18.4. The molecule has 1 atom stereocenters. The normalized spacial score (nSPS) is 20.2. The molecule has 2 heterocycles. The van der Waals surface area contributed by atoms with Crippen LogP contribution in [0.2, 0.25) is 5.02 Å². The van der Waals surface area contributed by atoms with Crippen molar-refractivity contribution in [2.75, 3.05) is 18.4 Å². The fourth-order valence-electron chi connectivity index (χ4n) is 3.08. The third kappa shape index (κ3) is 4.59. The van der Waals surface area contributed by atoms with Gasteiger partial charge in [0.05, 0.1) is 5.54 Å². The summed E-state index contributed by atoms with van der Waals surface area (Å²) in [7, 11) is 0. The summed E-state index contributed by atoms with van der Waals surface area (Å²) < 4.78 is 13.2. The van der Waals surface area contributed by atoms with Gasteiger partial charge in [-0.1, -0.05) is 23.7 Å². The van der Waals surface area contributed by atoms with Gasteiger partial charge in [-0.3, -0.25) is 0 Å². The summed E-state index contributed by atoms with van der Waals surface area (Å²) >= 11 is 5.96. The lowest BCUT2D eigenvalue weighted by Crippen LogP contribution is -2.43. The molecule has 0 spiro atoms. The summed E-state index contributed by atoms with van der Waals surface area (Å²) in [6.07, 6.45) is 4.14. The molecule has 1 aromatic heterocycles. The minimum atomic E-state index is -1.59. The molecule has 1 aromatic carbocycles. The van der Waals surface area contributed by atoms with E-state index in [1.165, 1.54) is 11.8 Å². The van der Waals surface area contributed by atoms with Crippen LogP contribution in [0.25, 0.3) is 6.08 Å². The Morgan fingerprint density at radius 3 is 2.69 bits per heavy atom. The van der Waals surface area contributed by atoms with Crippen LogP contribution in [0.3, 0.4) is 0 Å². The SMILES string of the molecule is O=C(O)/C(F)=C/c1ccc(N[C@]2(Cc3ccc(Cl)cc3)CCNC2)nc1. The second kappa shape index (κ2) is 7.85. The van der Waals surface area contributed by atoms with Crippen LogP contribution >= 0.6 is 11.6 Å². The fourth-order valence-corrected chi connectivity index (χ4v) is 3.21. The van der Waals surface area contributed by atoms with Gasteiger partial charge in [-0.2, -0.15) is 4.39 Å². The Labute approximate surface area is 155 Å². The van der Waals surface area contributed by atoms with Crippen LogP contribution in [0.1, 0.15) is 17.5 Å². The van der Waals surface area contributed by atoms with E-state index < -0.39 is 11.8 Å². The van der Waals surface area contributed by atoms with Gasteiger partial charge in [0.2, 0.25) is 5.83 Å². The Morgan fingerprint density at radius 2 is 2.12 bits per heavy atom. The van der Waals surface area contributed by atoms with E-state index >= 15 is 0 Å². The molecule has 0 aliphatic carbocycles. The zero-order valence-electron chi connectivity index (χ0n) is 14.0. The highest BCUT2D eigenvalue weighted by molar-refractivity contribution is 6.30. The van der Waals surface area contributed by atoms with Crippen LogP contribution in [-0.4, -0.2) is 34.7 Å². The molecule has 0 bridgehead atoms. The van der Waals surface area contributed by atoms with Crippen LogP contribution in [0.4, 0.5) is 10.2 Å². The Morgan fingerprint density at radius 1 is 1.35 bits per heavy atom. The summed E-state index contributed by atoms with van der Waals surface area (Å²) in [5.74, 6) is -2.14. The van der Waals surface area contributed by atoms with E-state index in [4.69, 9.17) is 16.7 Å². The molecular weight excluding hydrogens is 357 g/mol. The van der Waals surface area contributed by atoms with Gasteiger partial charge in [-0.15, -0.1) is 0 Å². The van der Waals surface area contributed by atoms with Gasteiger partial charge >= 0.3 is 5.97 Å². The molecule has 0 saturated carbocycles. The van der Waals surface area contributed by atoms with Crippen molar-refractivity contribution >= 4 is 29.5 Å². The number of hydrogen-bond acceptors (Lipinski definition) is 4. The Kier molecular flexibility index (Phi) is 5.54. The quantitative estimate of drug-likeness (QED) is 0.674. The Balaban J connectivity index is 1.74. The maximum Gasteiger partial charge on any atom is 0.364 e. The smallest absolute Gasteiger partial charge is 0.364 e. The second-order valence-corrected chi connectivity index (χ2v) is 6.85. The highest BCUT2D eigenvalue weighted by Gasteiger charge is 2.34. The summed E-state index contributed by atoms with van der Waals surface area (Å²) in [4.78, 5) is 14.8. The maximum atomic E-state index is 13.2. The van der Waals surface area contributed by atoms with Crippen LogP contribution < -0.4 is 10.6 Å². The van der Waals surface area contributed by atoms with Crippen molar-refractivity contribution in [1.29, 1.82) is 0 Å². The molecule has 3 rings (SSSR count). The lowest BCUT2D eigenvalue weighted by molar-refractivity contribution is -0.134. The van der Waals surface area contributed by atoms with Crippen LogP contribution in [0, 0.1) is 0 Å². The largest absolute Gasteiger partial charge is 0.476 e. The number of carboxylic acid groups (broad SMARTS) is 1. The van der Waals surface area contributed by atoms with Crippen molar-refractivity contribution in [2.45, 2.75) is 18.4 Å². The standard InChI is InChI=1S/C19H19ClFN3O2/c20-15-4-1-13(2-5-15)10-19(7-8-22-12-19)24-17-6-3-14(11-23-17)9-16(21)18(25)26/h1-6,9,11,22H,7-8,10,12H2,(H,23,24)(H,25,26)/b16-9-/t19-/m0/s1. The lowest BCUT2D eigenvalue weighted by Gasteiger charge is -2.30. The maximum absolute atomic E-state index is 13.2. The van der Waals surface area contributed by atoms with Crippen LogP contribution in [0.15, 0.2) is 48.4 Å². The van der Waals surface area contributed by atoms with Gasteiger partial charge in [-0.05, 0) is 60.9 Å². The summed E-state index contributed by atoms with van der Waals surface area (Å²) in [6, 6.07) is 11.1. The van der Waals surface area contributed by atoms with Crippen molar-refractivity contribution in [3.8, 4) is 0 Å². The lowest BCUT2D eigenvalue weighted by atomic mass is 9.89. The molecule has 1 aliphatic rings. The summed E-state index contributed by atoms with van der Waals surface area (Å²) in [5.41, 5.74) is 1.39. The molecule has 1 aliphatic heterocycles. The first-order valence-corrected chi connectivity index (χ1v) is 8.63. The van der Waals surface area contributed by atoms with Crippen molar-refractivity contribution in [2.24, 2.45) is 0 Å². The highest BCUT2D eigenvalue weighted by atomic mass is 35.5. The van der Waals surface area contributed by atoms with Crippen LogP contribution in [0.5, 0.6) is 0 Å². The van der Waals surface area contributed by atoms with Gasteiger partial charge in [0.15, 0.2) is 0 Å². The number of aliphatic carboxylic acids is 1. The van der Waals surface area contributed by atoms with E-state index in [0.717, 1.165) is 32.0 Å². The molecule has 2 aromatic rings. The predicted molar refractivity (Wildman–Crippen MR) is 100.0 cm³/mol. The third-order valence-electron chi connectivity index (χ3n) is 4.38. The van der Waals surface area contributed by atoms with E-state index in [1.807, 2.05) is 24.3 Å². The number of pyridine rings is 1. The number of anilines is 1. The number of carbonyl (C=O) groups is 1. The monoisotopic (exact) mass is 375 g/mol. The zero-order valence-corrected chi connectivity index (χ0v) is 14.8. The zero-order chi connectivity index (χ0) is 18.6. The van der Waals surface area contributed by atoms with Crippen molar-refractivity contribution in [3.05, 3.63) is 64.6 Å². The van der Waals surface area contributed by atoms with E-state index in [9.17, 15) is 9.18 Å². The molecule has 1 fully saturated rings. The van der Waals surface area contributed by atoms with Gasteiger partial charge in [0.25, 0.3) is 0 Å². The first-order valence-electron chi connectivity index (χ1n) is 8.26. The number of hydrogen-bond donors (Lipinski definition) is 3. The number of nitrogens with one attached hydrogen (secondary N) is 2. The number of halogens is 2. The van der Waals surface area contributed by atoms with E-state index in [1.54, 1.807) is 12.1 Å². The second-order valence-electron chi connectivity index (χ2n) is 6.41. The average molecular weight is 376 g/mol. The number of benzene rings is 1. The number of carboxylic acids is 1. The van der Waals surface area contributed by atoms with E-state index in [-0.39, 0.29) is 5.54 Å². The summed E-state index contributed by atoms with van der Waals surface area (Å²) in [5, 5.41) is 16.2. The first-order chi connectivity index (χ1) is 12.5. The molecule has 0 unspecified atom stereocenters. The Hall–Kier alpha value is -2.44. The molecule has 136 valence electrons. The summed E-state index contributed by atoms with van der Waals surface area (Å²) in [6.45, 7) is 1.71. The molecule has 0 amide bonds. The minimum Gasteiger partial charge on any atom is -0.476 e. The predicted octanol–water partition coefficient (Wildman–Crippen LogP) is 3.52. The Bertz CT molecular complexity index is 801. The number of aromatic nitrogens is 1. The molecule has 7 heteroatoms. The van der Waals surface area contributed by atoms with Crippen molar-refractivity contribution < 1.29 is 14.3 Å². The fraction of sp³-hybridized carbons (Fsp3) is 0.263. The molecule has 0 radical (unpaired) electrons. The highest BCUT2D eigenvalue weighted by Crippen LogP contribution is 2.26. The molecular formula is C19H19ClFN3O2. The molecule has 5 nitrogen and oxygen atoms in total.